The third-order valence-electron chi connectivity index (χ3n) is 3.88. The lowest BCUT2D eigenvalue weighted by atomic mass is 10.1. The zero-order valence-corrected chi connectivity index (χ0v) is 14.7. The van der Waals surface area contributed by atoms with Crippen LogP contribution in [0.3, 0.4) is 0 Å². The molecule has 0 radical (unpaired) electrons. The molecule has 0 saturated carbocycles. The Bertz CT molecular complexity index is 1190. The van der Waals surface area contributed by atoms with Crippen LogP contribution < -0.4 is 4.72 Å². The molecule has 0 aliphatic rings. The SMILES string of the molecule is Cc1nnc2ccc(-c3cccc(NS(=O)(=O)c4ccccc4)c3)nn12. The largest absolute Gasteiger partial charge is 0.280 e. The van der Waals surface area contributed by atoms with Crippen molar-refractivity contribution >= 4 is 21.4 Å². The van der Waals surface area contributed by atoms with Crippen LogP contribution in [0.5, 0.6) is 0 Å². The molecule has 4 aromatic rings. The number of rotatable bonds is 4. The summed E-state index contributed by atoms with van der Waals surface area (Å²) in [7, 11) is -3.64. The van der Waals surface area contributed by atoms with Crippen molar-refractivity contribution in [2.24, 2.45) is 0 Å². The molecule has 2 aromatic heterocycles. The molecule has 4 rings (SSSR count). The Balaban J connectivity index is 1.69. The van der Waals surface area contributed by atoms with Gasteiger partial charge in [-0.3, -0.25) is 4.72 Å². The number of nitrogens with zero attached hydrogens (tertiary/aromatic N) is 4. The second kappa shape index (κ2) is 6.23. The zero-order valence-electron chi connectivity index (χ0n) is 13.9. The summed E-state index contributed by atoms with van der Waals surface area (Å²) in [6.45, 7) is 1.82. The first-order valence-electron chi connectivity index (χ1n) is 7.90. The minimum atomic E-state index is -3.64. The maximum atomic E-state index is 12.5. The minimum absolute atomic E-state index is 0.213. The first-order chi connectivity index (χ1) is 12.5. The Kier molecular flexibility index (Phi) is 3.89. The molecular weight excluding hydrogens is 350 g/mol. The third kappa shape index (κ3) is 3.02. The molecule has 8 heteroatoms. The van der Waals surface area contributed by atoms with E-state index in [1.165, 1.54) is 0 Å². The van der Waals surface area contributed by atoms with E-state index in [-0.39, 0.29) is 4.90 Å². The lowest BCUT2D eigenvalue weighted by molar-refractivity contribution is 0.601. The quantitative estimate of drug-likeness (QED) is 0.601. The topological polar surface area (TPSA) is 89.2 Å². The Morgan fingerprint density at radius 1 is 0.923 bits per heavy atom. The summed E-state index contributed by atoms with van der Waals surface area (Å²) < 4.78 is 29.2. The highest BCUT2D eigenvalue weighted by atomic mass is 32.2. The summed E-state index contributed by atoms with van der Waals surface area (Å²) in [4.78, 5) is 0.213. The molecule has 1 N–H and O–H groups in total. The summed E-state index contributed by atoms with van der Waals surface area (Å²) >= 11 is 0. The van der Waals surface area contributed by atoms with Gasteiger partial charge in [-0.05, 0) is 43.3 Å². The van der Waals surface area contributed by atoms with E-state index in [1.54, 1.807) is 53.0 Å². The van der Waals surface area contributed by atoms with E-state index in [2.05, 4.69) is 20.0 Å². The lowest BCUT2D eigenvalue weighted by Crippen LogP contribution is -2.12. The van der Waals surface area contributed by atoms with Crippen molar-refractivity contribution in [2.45, 2.75) is 11.8 Å². The molecule has 0 amide bonds. The Labute approximate surface area is 150 Å². The van der Waals surface area contributed by atoms with Crippen LogP contribution in [0.2, 0.25) is 0 Å². The van der Waals surface area contributed by atoms with Gasteiger partial charge in [-0.25, -0.2) is 8.42 Å². The van der Waals surface area contributed by atoms with Crippen LogP contribution in [0, 0.1) is 6.92 Å². The van der Waals surface area contributed by atoms with Gasteiger partial charge in [-0.1, -0.05) is 30.3 Å². The number of benzene rings is 2. The molecule has 0 aliphatic carbocycles. The second-order valence-electron chi connectivity index (χ2n) is 5.74. The Morgan fingerprint density at radius 3 is 2.54 bits per heavy atom. The van der Waals surface area contributed by atoms with Gasteiger partial charge in [-0.2, -0.15) is 9.61 Å². The normalized spacial score (nSPS) is 11.6. The van der Waals surface area contributed by atoms with Gasteiger partial charge < -0.3 is 0 Å². The van der Waals surface area contributed by atoms with Crippen molar-refractivity contribution in [3.63, 3.8) is 0 Å². The van der Waals surface area contributed by atoms with Gasteiger partial charge in [-0.15, -0.1) is 10.2 Å². The average Bonchev–Trinajstić information content (AvgIpc) is 3.03. The molecular formula is C18H15N5O2S. The smallest absolute Gasteiger partial charge is 0.261 e. The third-order valence-corrected chi connectivity index (χ3v) is 5.28. The fraction of sp³-hybridized carbons (Fsp3) is 0.0556. The number of sulfonamides is 1. The van der Waals surface area contributed by atoms with E-state index in [1.807, 2.05) is 25.1 Å². The molecule has 0 aliphatic heterocycles. The van der Waals surface area contributed by atoms with Crippen molar-refractivity contribution in [2.75, 3.05) is 4.72 Å². The molecule has 26 heavy (non-hydrogen) atoms. The van der Waals surface area contributed by atoms with E-state index in [0.29, 0.717) is 22.9 Å². The number of aryl methyl sites for hydroxylation is 1. The van der Waals surface area contributed by atoms with Crippen LogP contribution in [0.25, 0.3) is 16.9 Å². The molecule has 0 atom stereocenters. The fourth-order valence-corrected chi connectivity index (χ4v) is 3.68. The van der Waals surface area contributed by atoms with E-state index < -0.39 is 10.0 Å². The number of anilines is 1. The number of nitrogens with one attached hydrogen (secondary N) is 1. The fourth-order valence-electron chi connectivity index (χ4n) is 2.61. The Hall–Kier alpha value is -3.26. The summed E-state index contributed by atoms with van der Waals surface area (Å²) in [6, 6.07) is 19.0. The Morgan fingerprint density at radius 2 is 1.73 bits per heavy atom. The molecule has 0 bridgehead atoms. The first kappa shape index (κ1) is 16.2. The summed E-state index contributed by atoms with van der Waals surface area (Å²) in [5, 5.41) is 12.5. The molecule has 0 spiro atoms. The molecule has 2 heterocycles. The monoisotopic (exact) mass is 365 g/mol. The predicted molar refractivity (Wildman–Crippen MR) is 98.2 cm³/mol. The average molecular weight is 365 g/mol. The second-order valence-corrected chi connectivity index (χ2v) is 7.42. The van der Waals surface area contributed by atoms with Crippen LogP contribution in [0.1, 0.15) is 5.82 Å². The van der Waals surface area contributed by atoms with Gasteiger partial charge in [0.15, 0.2) is 11.5 Å². The highest BCUT2D eigenvalue weighted by Gasteiger charge is 2.14. The number of hydrogen-bond donors (Lipinski definition) is 1. The van der Waals surface area contributed by atoms with Crippen molar-refractivity contribution in [3.05, 3.63) is 72.6 Å². The van der Waals surface area contributed by atoms with Crippen LogP contribution in [-0.4, -0.2) is 28.2 Å². The van der Waals surface area contributed by atoms with Crippen LogP contribution >= 0.6 is 0 Å². The van der Waals surface area contributed by atoms with Gasteiger partial charge in [0.05, 0.1) is 10.6 Å². The highest BCUT2D eigenvalue weighted by molar-refractivity contribution is 7.92. The summed E-state index contributed by atoms with van der Waals surface area (Å²) in [6.07, 6.45) is 0. The van der Waals surface area contributed by atoms with Crippen LogP contribution in [0.4, 0.5) is 5.69 Å². The van der Waals surface area contributed by atoms with E-state index in [0.717, 1.165) is 5.56 Å². The molecule has 0 saturated heterocycles. The number of fused-ring (bicyclic) bond motifs is 1. The highest BCUT2D eigenvalue weighted by Crippen LogP contribution is 2.23. The van der Waals surface area contributed by atoms with Gasteiger partial charge in [0.1, 0.15) is 0 Å². The van der Waals surface area contributed by atoms with E-state index >= 15 is 0 Å². The maximum absolute atomic E-state index is 12.5. The van der Waals surface area contributed by atoms with E-state index in [4.69, 9.17) is 0 Å². The molecule has 2 aromatic carbocycles. The first-order valence-corrected chi connectivity index (χ1v) is 9.39. The zero-order chi connectivity index (χ0) is 18.1. The van der Waals surface area contributed by atoms with Gasteiger partial charge in [0, 0.05) is 11.3 Å². The molecule has 130 valence electrons. The van der Waals surface area contributed by atoms with Crippen molar-refractivity contribution < 1.29 is 8.42 Å². The van der Waals surface area contributed by atoms with Gasteiger partial charge in [0.2, 0.25) is 0 Å². The molecule has 7 nitrogen and oxygen atoms in total. The molecule has 0 fully saturated rings. The number of hydrogen-bond acceptors (Lipinski definition) is 5. The standard InChI is InChI=1S/C18H15N5O2S/c1-13-19-20-18-11-10-17(21-23(13)18)14-6-5-7-15(12-14)22-26(24,25)16-8-3-2-4-9-16/h2-12,22H,1H3. The maximum Gasteiger partial charge on any atom is 0.261 e. The summed E-state index contributed by atoms with van der Waals surface area (Å²) in [5.41, 5.74) is 2.61. The minimum Gasteiger partial charge on any atom is -0.280 e. The molecule has 0 unspecified atom stereocenters. The summed E-state index contributed by atoms with van der Waals surface area (Å²) in [5.74, 6) is 0.683. The van der Waals surface area contributed by atoms with Gasteiger partial charge >= 0.3 is 0 Å². The van der Waals surface area contributed by atoms with Crippen LogP contribution in [-0.2, 0) is 10.0 Å². The van der Waals surface area contributed by atoms with Crippen molar-refractivity contribution in [3.8, 4) is 11.3 Å². The van der Waals surface area contributed by atoms with Crippen molar-refractivity contribution in [1.82, 2.24) is 19.8 Å². The lowest BCUT2D eigenvalue weighted by Gasteiger charge is -2.09. The van der Waals surface area contributed by atoms with Crippen molar-refractivity contribution in [1.29, 1.82) is 0 Å². The van der Waals surface area contributed by atoms with Gasteiger partial charge in [0.25, 0.3) is 10.0 Å². The van der Waals surface area contributed by atoms with E-state index in [9.17, 15) is 8.42 Å². The van der Waals surface area contributed by atoms with Crippen LogP contribution in [0.15, 0.2) is 71.6 Å². The number of aromatic nitrogens is 4. The predicted octanol–water partition coefficient (Wildman–Crippen LogP) is 2.90.